The van der Waals surface area contributed by atoms with Crippen LogP contribution >= 0.6 is 0 Å². The van der Waals surface area contributed by atoms with E-state index in [1.807, 2.05) is 54.6 Å². The van der Waals surface area contributed by atoms with E-state index in [2.05, 4.69) is 65.8 Å². The minimum absolute atomic E-state index is 0.0323. The highest BCUT2D eigenvalue weighted by atomic mass is 16.2. The molecule has 1 aliphatic rings. The quantitative estimate of drug-likeness (QED) is 0.127. The van der Waals surface area contributed by atoms with Gasteiger partial charge in [0.05, 0.1) is 5.41 Å². The molecule has 0 aromatic heterocycles. The van der Waals surface area contributed by atoms with Gasteiger partial charge in [-0.15, -0.1) is 0 Å². The van der Waals surface area contributed by atoms with Crippen molar-refractivity contribution in [3.63, 3.8) is 0 Å². The van der Waals surface area contributed by atoms with Crippen molar-refractivity contribution in [3.05, 3.63) is 108 Å². The van der Waals surface area contributed by atoms with E-state index in [1.54, 1.807) is 0 Å². The molecule has 0 aliphatic carbocycles. The van der Waals surface area contributed by atoms with Crippen LogP contribution < -0.4 is 10.6 Å². The van der Waals surface area contributed by atoms with Crippen molar-refractivity contribution in [1.29, 1.82) is 0 Å². The van der Waals surface area contributed by atoms with Gasteiger partial charge in [0.1, 0.15) is 0 Å². The summed E-state index contributed by atoms with van der Waals surface area (Å²) in [5.74, 6) is 1.50. The molecule has 1 saturated heterocycles. The van der Waals surface area contributed by atoms with Crippen LogP contribution in [0.3, 0.4) is 0 Å². The number of hydrogen-bond donors (Lipinski definition) is 2. The predicted octanol–water partition coefficient (Wildman–Crippen LogP) is 7.35. The number of unbranched alkanes of at least 4 members (excludes halogenated alkanes) is 2. The van der Waals surface area contributed by atoms with Gasteiger partial charge < -0.3 is 15.5 Å². The number of nitrogens with zero attached hydrogens (tertiary/aromatic N) is 1. The summed E-state index contributed by atoms with van der Waals surface area (Å²) in [6.45, 7) is 9.50. The van der Waals surface area contributed by atoms with Gasteiger partial charge in [0, 0.05) is 39.0 Å². The van der Waals surface area contributed by atoms with E-state index in [4.69, 9.17) is 0 Å². The first kappa shape index (κ1) is 33.5. The molecule has 2 atom stereocenters. The molecule has 5 nitrogen and oxygen atoms in total. The van der Waals surface area contributed by atoms with Gasteiger partial charge in [-0.05, 0) is 67.2 Å². The van der Waals surface area contributed by atoms with Crippen LogP contribution in [0.15, 0.2) is 91.0 Å². The first-order valence-electron chi connectivity index (χ1n) is 16.9. The van der Waals surface area contributed by atoms with Crippen LogP contribution in [0.2, 0.25) is 0 Å². The summed E-state index contributed by atoms with van der Waals surface area (Å²) in [6, 6.07) is 31.1. The Morgan fingerprint density at radius 1 is 0.818 bits per heavy atom. The van der Waals surface area contributed by atoms with Crippen LogP contribution in [0.1, 0.15) is 88.3 Å². The Kier molecular flexibility index (Phi) is 13.5. The highest BCUT2D eigenvalue weighted by molar-refractivity contribution is 5.80. The van der Waals surface area contributed by atoms with E-state index in [-0.39, 0.29) is 11.8 Å². The lowest BCUT2D eigenvalue weighted by molar-refractivity contribution is -0.122. The number of rotatable bonds is 17. The van der Waals surface area contributed by atoms with Gasteiger partial charge in [0.15, 0.2) is 0 Å². The van der Waals surface area contributed by atoms with Crippen LogP contribution in [0.5, 0.6) is 0 Å². The molecule has 2 amide bonds. The molecular weight excluding hydrogens is 542 g/mol. The number of amides is 2. The molecule has 4 rings (SSSR count). The number of likely N-dealkylation sites (tertiary alicyclic amines) is 1. The Morgan fingerprint density at radius 2 is 1.41 bits per heavy atom. The Morgan fingerprint density at radius 3 is 1.98 bits per heavy atom. The van der Waals surface area contributed by atoms with Crippen molar-refractivity contribution < 1.29 is 9.59 Å². The lowest BCUT2D eigenvalue weighted by Crippen LogP contribution is -2.42. The van der Waals surface area contributed by atoms with Crippen molar-refractivity contribution in [2.45, 2.75) is 77.0 Å². The fraction of sp³-hybridized carbons (Fsp3) is 0.487. The van der Waals surface area contributed by atoms with Gasteiger partial charge in [0.25, 0.3) is 0 Å². The Labute approximate surface area is 265 Å². The Balaban J connectivity index is 1.22. The van der Waals surface area contributed by atoms with Gasteiger partial charge in [-0.25, -0.2) is 0 Å². The minimum Gasteiger partial charge on any atom is -0.356 e. The lowest BCUT2D eigenvalue weighted by Gasteiger charge is -2.35. The molecule has 1 aliphatic heterocycles. The summed E-state index contributed by atoms with van der Waals surface area (Å²) >= 11 is 0. The second-order valence-electron chi connectivity index (χ2n) is 12.8. The van der Waals surface area contributed by atoms with Crippen LogP contribution in [0, 0.1) is 11.8 Å². The molecule has 1 heterocycles. The maximum absolute atomic E-state index is 13.5. The van der Waals surface area contributed by atoms with Crippen LogP contribution in [0.25, 0.3) is 0 Å². The fourth-order valence-electron chi connectivity index (χ4n) is 6.95. The average Bonchev–Trinajstić information content (AvgIpc) is 3.06. The summed E-state index contributed by atoms with van der Waals surface area (Å²) in [5, 5.41) is 6.38. The van der Waals surface area contributed by atoms with E-state index >= 15 is 0 Å². The maximum atomic E-state index is 13.5. The zero-order valence-corrected chi connectivity index (χ0v) is 27.0. The molecule has 236 valence electrons. The van der Waals surface area contributed by atoms with Crippen LogP contribution in [-0.2, 0) is 15.0 Å². The standard InChI is InChI=1S/C39H53N3O2/c1-3-17-32(2)30-42-27-16-18-33(31-42)29-41-37(43)25-14-7-15-26-40-38(44)28-39(34-19-8-4-9-20-34,35-21-10-5-11-22-35)36-23-12-6-13-24-36/h4-6,8-13,19-24,32-33H,3,7,14-18,25-31H2,1-2H3,(H,40,44)(H,41,43)/t32?,33-/m1/s1. The Bertz CT molecular complexity index is 1150. The summed E-state index contributed by atoms with van der Waals surface area (Å²) in [6.07, 6.45) is 8.47. The second-order valence-corrected chi connectivity index (χ2v) is 12.8. The van der Waals surface area contributed by atoms with Crippen molar-refractivity contribution in [3.8, 4) is 0 Å². The van der Waals surface area contributed by atoms with E-state index in [9.17, 15) is 9.59 Å². The van der Waals surface area contributed by atoms with E-state index < -0.39 is 5.41 Å². The van der Waals surface area contributed by atoms with E-state index in [0.717, 1.165) is 55.0 Å². The molecule has 5 heteroatoms. The zero-order chi connectivity index (χ0) is 31.0. The predicted molar refractivity (Wildman–Crippen MR) is 182 cm³/mol. The normalized spacial score (nSPS) is 16.3. The number of carbonyl (C=O) groups excluding carboxylic acids is 2. The third-order valence-corrected chi connectivity index (χ3v) is 9.17. The van der Waals surface area contributed by atoms with Gasteiger partial charge in [-0.3, -0.25) is 9.59 Å². The third kappa shape index (κ3) is 9.79. The smallest absolute Gasteiger partial charge is 0.221 e. The summed E-state index contributed by atoms with van der Waals surface area (Å²) in [7, 11) is 0. The van der Waals surface area contributed by atoms with E-state index in [1.165, 1.54) is 38.8 Å². The molecule has 1 fully saturated rings. The van der Waals surface area contributed by atoms with Crippen molar-refractivity contribution in [1.82, 2.24) is 15.5 Å². The lowest BCUT2D eigenvalue weighted by atomic mass is 9.67. The first-order valence-corrected chi connectivity index (χ1v) is 16.9. The molecule has 0 saturated carbocycles. The molecule has 1 unspecified atom stereocenters. The monoisotopic (exact) mass is 595 g/mol. The molecule has 3 aromatic rings. The minimum atomic E-state index is -0.588. The van der Waals surface area contributed by atoms with E-state index in [0.29, 0.717) is 25.3 Å². The number of piperidine rings is 1. The first-order chi connectivity index (χ1) is 21.5. The largest absolute Gasteiger partial charge is 0.356 e. The van der Waals surface area contributed by atoms with Crippen LogP contribution in [-0.4, -0.2) is 49.4 Å². The molecular formula is C39H53N3O2. The molecule has 0 radical (unpaired) electrons. The highest BCUT2D eigenvalue weighted by Gasteiger charge is 2.38. The SMILES string of the molecule is CCCC(C)CN1CCC[C@H](CNC(=O)CCCCCNC(=O)CC(c2ccccc2)(c2ccccc2)c2ccccc2)C1. The van der Waals surface area contributed by atoms with Gasteiger partial charge in [-0.2, -0.15) is 0 Å². The second kappa shape index (κ2) is 17.8. The number of hydrogen-bond acceptors (Lipinski definition) is 3. The van der Waals surface area contributed by atoms with Gasteiger partial charge >= 0.3 is 0 Å². The summed E-state index contributed by atoms with van der Waals surface area (Å²) in [5.41, 5.74) is 2.72. The topological polar surface area (TPSA) is 61.4 Å². The molecule has 2 N–H and O–H groups in total. The van der Waals surface area contributed by atoms with Crippen molar-refractivity contribution in [2.24, 2.45) is 11.8 Å². The fourth-order valence-corrected chi connectivity index (χ4v) is 6.95. The Hall–Kier alpha value is -3.44. The van der Waals surface area contributed by atoms with Gasteiger partial charge in [0.2, 0.25) is 11.8 Å². The summed E-state index contributed by atoms with van der Waals surface area (Å²) in [4.78, 5) is 28.6. The van der Waals surface area contributed by atoms with Crippen molar-refractivity contribution >= 4 is 11.8 Å². The number of nitrogens with one attached hydrogen (secondary N) is 2. The maximum Gasteiger partial charge on any atom is 0.221 e. The molecule has 44 heavy (non-hydrogen) atoms. The van der Waals surface area contributed by atoms with Gasteiger partial charge in [-0.1, -0.05) is 118 Å². The number of carbonyl (C=O) groups is 2. The zero-order valence-electron chi connectivity index (χ0n) is 27.0. The average molecular weight is 596 g/mol. The van der Waals surface area contributed by atoms with Crippen molar-refractivity contribution in [2.75, 3.05) is 32.7 Å². The summed E-state index contributed by atoms with van der Waals surface area (Å²) < 4.78 is 0. The third-order valence-electron chi connectivity index (χ3n) is 9.17. The molecule has 3 aromatic carbocycles. The van der Waals surface area contributed by atoms with Crippen LogP contribution in [0.4, 0.5) is 0 Å². The molecule has 0 spiro atoms. The highest BCUT2D eigenvalue weighted by Crippen LogP contribution is 2.42. The molecule has 0 bridgehead atoms. The number of benzene rings is 3.